The van der Waals surface area contributed by atoms with Gasteiger partial charge >= 0.3 is 0 Å². The Bertz CT molecular complexity index is 764. The number of fused-ring (bicyclic) bond motifs is 1. The van der Waals surface area contributed by atoms with Gasteiger partial charge in [-0.25, -0.2) is 0 Å². The van der Waals surface area contributed by atoms with E-state index < -0.39 is 0 Å². The molecule has 2 aromatic rings. The topological polar surface area (TPSA) is 87.2 Å². The van der Waals surface area contributed by atoms with Crippen molar-refractivity contribution in [2.75, 3.05) is 28.3 Å². The molecule has 2 heterocycles. The highest BCUT2D eigenvalue weighted by Crippen LogP contribution is 2.32. The Kier molecular flexibility index (Phi) is 5.00. The van der Waals surface area contributed by atoms with Crippen molar-refractivity contribution < 1.29 is 9.59 Å². The average molecular weight is 363 g/mol. The SMILES string of the molecule is CNc1nnc(SCC(=O)N2c3ccccc3NC(=O)C[C@@H]2C)s1. The Balaban J connectivity index is 1.78. The second kappa shape index (κ2) is 7.18. The molecule has 9 heteroatoms. The minimum absolute atomic E-state index is 0.0577. The fourth-order valence-corrected chi connectivity index (χ4v) is 4.09. The van der Waals surface area contributed by atoms with Gasteiger partial charge in [-0.3, -0.25) is 9.59 Å². The summed E-state index contributed by atoms with van der Waals surface area (Å²) in [7, 11) is 1.78. The molecule has 0 aliphatic carbocycles. The summed E-state index contributed by atoms with van der Waals surface area (Å²) in [6.07, 6.45) is 0.272. The summed E-state index contributed by atoms with van der Waals surface area (Å²) in [5.74, 6) is 0.101. The van der Waals surface area contributed by atoms with E-state index in [1.54, 1.807) is 11.9 Å². The number of nitrogens with one attached hydrogen (secondary N) is 2. The van der Waals surface area contributed by atoms with Gasteiger partial charge in [0.15, 0.2) is 4.34 Å². The quantitative estimate of drug-likeness (QED) is 0.812. The van der Waals surface area contributed by atoms with Crippen molar-refractivity contribution in [2.45, 2.75) is 23.7 Å². The van der Waals surface area contributed by atoms with Crippen LogP contribution in [0.3, 0.4) is 0 Å². The van der Waals surface area contributed by atoms with Crippen LogP contribution in [0.5, 0.6) is 0 Å². The summed E-state index contributed by atoms with van der Waals surface area (Å²) < 4.78 is 0.734. The Labute approximate surface area is 147 Å². The molecule has 3 rings (SSSR count). The predicted octanol–water partition coefficient (Wildman–Crippen LogP) is 2.44. The van der Waals surface area contributed by atoms with Gasteiger partial charge in [0.25, 0.3) is 0 Å². The van der Waals surface area contributed by atoms with Crippen LogP contribution < -0.4 is 15.5 Å². The first-order valence-electron chi connectivity index (χ1n) is 7.43. The van der Waals surface area contributed by atoms with E-state index >= 15 is 0 Å². The minimum atomic E-state index is -0.205. The van der Waals surface area contributed by atoms with Crippen LogP contribution >= 0.6 is 23.1 Å². The molecule has 24 heavy (non-hydrogen) atoms. The van der Waals surface area contributed by atoms with Crippen LogP contribution in [0.15, 0.2) is 28.6 Å². The summed E-state index contributed by atoms with van der Waals surface area (Å²) in [5.41, 5.74) is 1.40. The van der Waals surface area contributed by atoms with Crippen molar-refractivity contribution >= 4 is 51.4 Å². The molecule has 0 unspecified atom stereocenters. The normalized spacial score (nSPS) is 17.0. The van der Waals surface area contributed by atoms with Gasteiger partial charge in [0.05, 0.1) is 17.1 Å². The maximum Gasteiger partial charge on any atom is 0.237 e. The number of hydrogen-bond acceptors (Lipinski definition) is 7. The summed E-state index contributed by atoms with van der Waals surface area (Å²) >= 11 is 2.76. The van der Waals surface area contributed by atoms with Crippen molar-refractivity contribution in [1.82, 2.24) is 10.2 Å². The van der Waals surface area contributed by atoms with Crippen LogP contribution in [0.4, 0.5) is 16.5 Å². The molecule has 2 N–H and O–H groups in total. The van der Waals surface area contributed by atoms with E-state index in [-0.39, 0.29) is 30.0 Å². The maximum absolute atomic E-state index is 12.8. The van der Waals surface area contributed by atoms with Crippen LogP contribution in [-0.2, 0) is 9.59 Å². The number of hydrogen-bond donors (Lipinski definition) is 2. The molecule has 1 aromatic heterocycles. The molecule has 0 saturated heterocycles. The van der Waals surface area contributed by atoms with Crippen LogP contribution in [0.25, 0.3) is 0 Å². The van der Waals surface area contributed by atoms with Gasteiger partial charge < -0.3 is 15.5 Å². The van der Waals surface area contributed by atoms with Crippen molar-refractivity contribution in [3.8, 4) is 0 Å². The third-order valence-electron chi connectivity index (χ3n) is 3.57. The number of para-hydroxylation sites is 2. The van der Waals surface area contributed by atoms with Gasteiger partial charge in [0.2, 0.25) is 16.9 Å². The lowest BCUT2D eigenvalue weighted by Gasteiger charge is -2.27. The van der Waals surface area contributed by atoms with Gasteiger partial charge in [-0.1, -0.05) is 35.2 Å². The lowest BCUT2D eigenvalue weighted by Crippen LogP contribution is -2.40. The number of rotatable bonds is 4. The van der Waals surface area contributed by atoms with Crippen molar-refractivity contribution in [3.63, 3.8) is 0 Å². The maximum atomic E-state index is 12.8. The molecular weight excluding hydrogens is 346 g/mol. The molecule has 0 fully saturated rings. The molecule has 0 radical (unpaired) electrons. The predicted molar refractivity (Wildman–Crippen MR) is 96.8 cm³/mol. The number of benzene rings is 1. The molecule has 1 aromatic carbocycles. The number of anilines is 3. The van der Waals surface area contributed by atoms with Crippen LogP contribution in [0.2, 0.25) is 0 Å². The van der Waals surface area contributed by atoms with Crippen molar-refractivity contribution in [2.24, 2.45) is 0 Å². The van der Waals surface area contributed by atoms with Crippen LogP contribution in [0.1, 0.15) is 13.3 Å². The van der Waals surface area contributed by atoms with Gasteiger partial charge in [0.1, 0.15) is 0 Å². The number of carbonyl (C=O) groups excluding carboxylic acids is 2. The molecule has 1 aliphatic heterocycles. The molecule has 1 atom stereocenters. The van der Waals surface area contributed by atoms with Crippen molar-refractivity contribution in [1.29, 1.82) is 0 Å². The summed E-state index contributed by atoms with van der Waals surface area (Å²) in [6.45, 7) is 1.88. The van der Waals surface area contributed by atoms with Crippen LogP contribution in [0, 0.1) is 0 Å². The first-order chi connectivity index (χ1) is 11.6. The Morgan fingerprint density at radius 3 is 3.00 bits per heavy atom. The monoisotopic (exact) mass is 363 g/mol. The van der Waals surface area contributed by atoms with Gasteiger partial charge in [-0.2, -0.15) is 0 Å². The highest BCUT2D eigenvalue weighted by atomic mass is 32.2. The van der Waals surface area contributed by atoms with E-state index in [9.17, 15) is 9.59 Å². The fraction of sp³-hybridized carbons (Fsp3) is 0.333. The molecule has 2 amide bonds. The smallest absolute Gasteiger partial charge is 0.237 e. The summed E-state index contributed by atoms with van der Waals surface area (Å²) in [5, 5.41) is 14.5. The largest absolute Gasteiger partial charge is 0.363 e. The summed E-state index contributed by atoms with van der Waals surface area (Å²) in [6, 6.07) is 7.16. The highest BCUT2D eigenvalue weighted by molar-refractivity contribution is 8.01. The second-order valence-electron chi connectivity index (χ2n) is 5.29. The third-order valence-corrected chi connectivity index (χ3v) is 5.63. The number of thioether (sulfide) groups is 1. The van der Waals surface area contributed by atoms with E-state index in [0.717, 1.165) is 10.0 Å². The molecule has 1 aliphatic rings. The standard InChI is InChI=1S/C15H17N5O2S2/c1-9-7-12(21)17-10-5-3-4-6-11(10)20(9)13(22)8-23-15-19-18-14(16-2)24-15/h3-6,9H,7-8H2,1-2H3,(H,16,18)(H,17,21)/t9-/m0/s1. The highest BCUT2D eigenvalue weighted by Gasteiger charge is 2.29. The van der Waals surface area contributed by atoms with Crippen LogP contribution in [-0.4, -0.2) is 40.9 Å². The number of carbonyl (C=O) groups is 2. The first-order valence-corrected chi connectivity index (χ1v) is 9.23. The molecular formula is C15H17N5O2S2. The van der Waals surface area contributed by atoms with E-state index in [2.05, 4.69) is 20.8 Å². The van der Waals surface area contributed by atoms with E-state index in [1.807, 2.05) is 31.2 Å². The fourth-order valence-electron chi connectivity index (χ4n) is 2.53. The van der Waals surface area contributed by atoms with Crippen molar-refractivity contribution in [3.05, 3.63) is 24.3 Å². The first kappa shape index (κ1) is 16.7. The molecule has 126 valence electrons. The Morgan fingerprint density at radius 2 is 2.25 bits per heavy atom. The zero-order valence-corrected chi connectivity index (χ0v) is 14.9. The zero-order chi connectivity index (χ0) is 17.1. The van der Waals surface area contributed by atoms with Gasteiger partial charge in [-0.05, 0) is 19.1 Å². The van der Waals surface area contributed by atoms with Gasteiger partial charge in [0, 0.05) is 19.5 Å². The van der Waals surface area contributed by atoms with Gasteiger partial charge in [-0.15, -0.1) is 10.2 Å². The van der Waals surface area contributed by atoms with E-state index in [0.29, 0.717) is 10.8 Å². The minimum Gasteiger partial charge on any atom is -0.363 e. The molecule has 0 spiro atoms. The Morgan fingerprint density at radius 1 is 1.46 bits per heavy atom. The lowest BCUT2D eigenvalue weighted by atomic mass is 10.2. The number of aromatic nitrogens is 2. The average Bonchev–Trinajstić information content (AvgIpc) is 2.97. The zero-order valence-electron chi connectivity index (χ0n) is 13.3. The lowest BCUT2D eigenvalue weighted by molar-refractivity contribution is -0.117. The molecule has 7 nitrogen and oxygen atoms in total. The number of nitrogens with zero attached hydrogens (tertiary/aromatic N) is 3. The third kappa shape index (κ3) is 3.51. The summed E-state index contributed by atoms with van der Waals surface area (Å²) in [4.78, 5) is 26.4. The Hall–Kier alpha value is -2.13. The number of amides is 2. The molecule has 0 saturated carbocycles. The second-order valence-corrected chi connectivity index (χ2v) is 7.49. The van der Waals surface area contributed by atoms with E-state index in [4.69, 9.17) is 0 Å². The van der Waals surface area contributed by atoms with E-state index in [1.165, 1.54) is 23.1 Å². The molecule has 0 bridgehead atoms.